The molecule has 1 aromatic heterocycles. The van der Waals surface area contributed by atoms with Gasteiger partial charge in [-0.2, -0.15) is 5.10 Å². The zero-order chi connectivity index (χ0) is 22.1. The first-order chi connectivity index (χ1) is 15.0. The van der Waals surface area contributed by atoms with Crippen LogP contribution in [0.1, 0.15) is 11.1 Å². The first-order valence-corrected chi connectivity index (χ1v) is 10.1. The summed E-state index contributed by atoms with van der Waals surface area (Å²) in [4.78, 5) is 16.0. The van der Waals surface area contributed by atoms with Crippen LogP contribution in [0.2, 0.25) is 0 Å². The van der Waals surface area contributed by atoms with E-state index in [9.17, 15) is 9.18 Å². The number of hydrogen-bond donors (Lipinski definition) is 3. The van der Waals surface area contributed by atoms with Gasteiger partial charge in [0.2, 0.25) is 5.91 Å². The molecule has 0 aliphatic carbocycles. The number of nitrogens with two attached hydrogens (primary N) is 1. The highest BCUT2D eigenvalue weighted by Crippen LogP contribution is 2.10. The Hall–Kier alpha value is -2.95. The fourth-order valence-electron chi connectivity index (χ4n) is 3.18. The number of nitrogens with zero attached hydrogens (tertiary/aromatic N) is 3. The minimum absolute atomic E-state index is 0. The van der Waals surface area contributed by atoms with E-state index in [1.165, 1.54) is 17.7 Å². The van der Waals surface area contributed by atoms with E-state index in [1.807, 2.05) is 29.1 Å². The first-order valence-electron chi connectivity index (χ1n) is 10.1. The summed E-state index contributed by atoms with van der Waals surface area (Å²) >= 11 is 0. The summed E-state index contributed by atoms with van der Waals surface area (Å²) in [6.07, 6.45) is 4.90. The quantitative estimate of drug-likeness (QED) is 0.217. The molecule has 0 spiro atoms. The van der Waals surface area contributed by atoms with Crippen LogP contribution in [0.4, 0.5) is 4.39 Å². The average molecular weight is 550 g/mol. The smallest absolute Gasteiger partial charge is 0.222 e. The van der Waals surface area contributed by atoms with Gasteiger partial charge in [0.1, 0.15) is 5.82 Å². The summed E-state index contributed by atoms with van der Waals surface area (Å²) < 4.78 is 14.9. The third kappa shape index (κ3) is 7.63. The number of halogens is 2. The Balaban J connectivity index is 0.00000363. The first kappa shape index (κ1) is 25.3. The van der Waals surface area contributed by atoms with Crippen LogP contribution in [0.25, 0.3) is 5.69 Å². The molecule has 32 heavy (non-hydrogen) atoms. The Morgan fingerprint density at radius 2 is 1.81 bits per heavy atom. The van der Waals surface area contributed by atoms with Gasteiger partial charge >= 0.3 is 0 Å². The molecule has 0 radical (unpaired) electrons. The number of nitrogens with one attached hydrogen (secondary N) is 2. The third-order valence-electron chi connectivity index (χ3n) is 4.95. The monoisotopic (exact) mass is 550 g/mol. The maximum absolute atomic E-state index is 13.1. The van der Waals surface area contributed by atoms with Crippen molar-refractivity contribution in [1.82, 2.24) is 20.4 Å². The predicted molar refractivity (Wildman–Crippen MR) is 135 cm³/mol. The van der Waals surface area contributed by atoms with E-state index in [0.717, 1.165) is 17.7 Å². The molecular formula is C23H28FIN6O. The number of rotatable bonds is 9. The molecule has 0 saturated carbocycles. The van der Waals surface area contributed by atoms with Crippen molar-refractivity contribution in [2.75, 3.05) is 20.1 Å². The van der Waals surface area contributed by atoms with Crippen molar-refractivity contribution < 1.29 is 9.18 Å². The molecule has 0 bridgehead atoms. The Bertz CT molecular complexity index is 990. The predicted octanol–water partition coefficient (Wildman–Crippen LogP) is 2.68. The van der Waals surface area contributed by atoms with E-state index in [4.69, 9.17) is 5.73 Å². The molecule has 4 N–H and O–H groups in total. The summed E-state index contributed by atoms with van der Waals surface area (Å²) in [6, 6.07) is 16.2. The number of amides is 1. The standard InChI is InChI=1S/C23H27FN6O.HI/c1-26-23(28-16-19(22(25)31)15-18-3-7-20(24)8-4-18)27-13-11-17-5-9-21(10-6-17)30-14-2-12-29-30;/h2-10,12,14,19H,11,13,15-16H2,1H3,(H2,25,31)(H2,26,27,28);1H. The van der Waals surface area contributed by atoms with Crippen molar-refractivity contribution in [2.45, 2.75) is 12.8 Å². The number of aliphatic imine (C=N–C) groups is 1. The van der Waals surface area contributed by atoms with Gasteiger partial charge < -0.3 is 16.4 Å². The van der Waals surface area contributed by atoms with Gasteiger partial charge in [0.25, 0.3) is 0 Å². The van der Waals surface area contributed by atoms with Gasteiger partial charge in [0.15, 0.2) is 5.96 Å². The summed E-state index contributed by atoms with van der Waals surface area (Å²) in [5.41, 5.74) is 8.60. The van der Waals surface area contributed by atoms with Crippen LogP contribution in [0, 0.1) is 11.7 Å². The second-order valence-corrected chi connectivity index (χ2v) is 7.18. The lowest BCUT2D eigenvalue weighted by Crippen LogP contribution is -2.43. The van der Waals surface area contributed by atoms with E-state index in [2.05, 4.69) is 32.9 Å². The van der Waals surface area contributed by atoms with E-state index in [-0.39, 0.29) is 29.8 Å². The Kier molecular flexibility index (Phi) is 10.1. The van der Waals surface area contributed by atoms with E-state index >= 15 is 0 Å². The van der Waals surface area contributed by atoms with Gasteiger partial charge in [-0.3, -0.25) is 9.79 Å². The second kappa shape index (κ2) is 12.8. The van der Waals surface area contributed by atoms with Gasteiger partial charge in [0, 0.05) is 32.5 Å². The van der Waals surface area contributed by atoms with E-state index in [0.29, 0.717) is 25.5 Å². The van der Waals surface area contributed by atoms with Crippen LogP contribution in [-0.2, 0) is 17.6 Å². The van der Waals surface area contributed by atoms with Crippen LogP contribution < -0.4 is 16.4 Å². The minimum Gasteiger partial charge on any atom is -0.369 e. The van der Waals surface area contributed by atoms with Crippen LogP contribution >= 0.6 is 24.0 Å². The fraction of sp³-hybridized carbons (Fsp3) is 0.261. The Morgan fingerprint density at radius 1 is 1.12 bits per heavy atom. The number of benzene rings is 2. The van der Waals surface area contributed by atoms with E-state index in [1.54, 1.807) is 25.4 Å². The highest BCUT2D eigenvalue weighted by Gasteiger charge is 2.16. The number of hydrogen-bond acceptors (Lipinski definition) is 3. The summed E-state index contributed by atoms with van der Waals surface area (Å²) in [5, 5.41) is 10.6. The molecule has 1 atom stereocenters. The summed E-state index contributed by atoms with van der Waals surface area (Å²) in [5.74, 6) is -0.556. The van der Waals surface area contributed by atoms with Gasteiger partial charge in [0.05, 0.1) is 11.6 Å². The molecule has 1 unspecified atom stereocenters. The SMILES string of the molecule is CN=C(NCCc1ccc(-n2cccn2)cc1)NCC(Cc1ccc(F)cc1)C(N)=O.I. The zero-order valence-electron chi connectivity index (χ0n) is 17.9. The maximum Gasteiger partial charge on any atom is 0.222 e. The normalized spacial score (nSPS) is 12.0. The topological polar surface area (TPSA) is 97.3 Å². The molecular weight excluding hydrogens is 522 g/mol. The molecule has 1 amide bonds. The number of guanidine groups is 1. The molecule has 7 nitrogen and oxygen atoms in total. The van der Waals surface area contributed by atoms with Gasteiger partial charge in [-0.25, -0.2) is 9.07 Å². The Labute approximate surface area is 204 Å². The van der Waals surface area contributed by atoms with Crippen LogP contribution in [-0.4, -0.2) is 41.8 Å². The highest BCUT2D eigenvalue weighted by atomic mass is 127. The average Bonchev–Trinajstić information content (AvgIpc) is 3.31. The maximum atomic E-state index is 13.1. The molecule has 2 aromatic carbocycles. The van der Waals surface area contributed by atoms with Gasteiger partial charge in [-0.05, 0) is 54.3 Å². The molecule has 3 rings (SSSR count). The molecule has 0 saturated heterocycles. The van der Waals surface area contributed by atoms with E-state index < -0.39 is 11.8 Å². The van der Waals surface area contributed by atoms with Crippen LogP contribution in [0.3, 0.4) is 0 Å². The number of aromatic nitrogens is 2. The van der Waals surface area contributed by atoms with Crippen molar-refractivity contribution in [2.24, 2.45) is 16.6 Å². The Morgan fingerprint density at radius 3 is 2.41 bits per heavy atom. The van der Waals surface area contributed by atoms with Crippen molar-refractivity contribution in [3.8, 4) is 5.69 Å². The molecule has 0 aliphatic heterocycles. The van der Waals surface area contributed by atoms with Gasteiger partial charge in [-0.15, -0.1) is 24.0 Å². The fourth-order valence-corrected chi connectivity index (χ4v) is 3.18. The molecule has 1 heterocycles. The largest absolute Gasteiger partial charge is 0.369 e. The minimum atomic E-state index is -0.432. The molecule has 0 aliphatic rings. The number of primary amides is 1. The molecule has 0 fully saturated rings. The third-order valence-corrected chi connectivity index (χ3v) is 4.95. The van der Waals surface area contributed by atoms with Crippen molar-refractivity contribution in [3.05, 3.63) is 83.9 Å². The van der Waals surface area contributed by atoms with Crippen LogP contribution in [0.5, 0.6) is 0 Å². The highest BCUT2D eigenvalue weighted by molar-refractivity contribution is 14.0. The molecule has 9 heteroatoms. The van der Waals surface area contributed by atoms with Crippen molar-refractivity contribution >= 4 is 35.8 Å². The lowest BCUT2D eigenvalue weighted by atomic mass is 9.98. The number of carbonyl (C=O) groups is 1. The van der Waals surface area contributed by atoms with Crippen molar-refractivity contribution in [1.29, 1.82) is 0 Å². The lowest BCUT2D eigenvalue weighted by molar-refractivity contribution is -0.121. The summed E-state index contributed by atoms with van der Waals surface area (Å²) in [6.45, 7) is 1.02. The zero-order valence-corrected chi connectivity index (χ0v) is 20.2. The second-order valence-electron chi connectivity index (χ2n) is 7.18. The summed E-state index contributed by atoms with van der Waals surface area (Å²) in [7, 11) is 1.67. The van der Waals surface area contributed by atoms with Crippen LogP contribution in [0.15, 0.2) is 72.0 Å². The van der Waals surface area contributed by atoms with Gasteiger partial charge in [-0.1, -0.05) is 24.3 Å². The molecule has 170 valence electrons. The molecule has 3 aromatic rings. The van der Waals surface area contributed by atoms with Crippen molar-refractivity contribution in [3.63, 3.8) is 0 Å². The number of carbonyl (C=O) groups excluding carboxylic acids is 1. The lowest BCUT2D eigenvalue weighted by Gasteiger charge is -2.17.